The van der Waals surface area contributed by atoms with Gasteiger partial charge in [-0.15, -0.1) is 13.2 Å². The fourth-order valence-electron chi connectivity index (χ4n) is 3.71. The molecule has 10 heteroatoms. The van der Waals surface area contributed by atoms with E-state index in [0.29, 0.717) is 18.7 Å². The molecule has 0 aliphatic carbocycles. The maximum atomic E-state index is 12.9. The van der Waals surface area contributed by atoms with Crippen molar-refractivity contribution in [2.75, 3.05) is 23.4 Å². The van der Waals surface area contributed by atoms with E-state index in [-0.39, 0.29) is 24.9 Å². The fourth-order valence-corrected chi connectivity index (χ4v) is 3.71. The molecular weight excluding hydrogens is 415 g/mol. The third-order valence-electron chi connectivity index (χ3n) is 5.18. The number of alkyl halides is 3. The summed E-state index contributed by atoms with van der Waals surface area (Å²) in [5, 5.41) is 2.70. The zero-order valence-electron chi connectivity index (χ0n) is 16.6. The molecule has 4 rings (SSSR count). The minimum Gasteiger partial charge on any atom is -0.447 e. The van der Waals surface area contributed by atoms with Gasteiger partial charge < -0.3 is 19.7 Å². The van der Waals surface area contributed by atoms with Crippen LogP contribution < -0.4 is 15.0 Å². The van der Waals surface area contributed by atoms with E-state index in [0.717, 1.165) is 28.9 Å². The molecule has 0 radical (unpaired) electrons. The first-order valence-electron chi connectivity index (χ1n) is 9.67. The van der Waals surface area contributed by atoms with Gasteiger partial charge in [0.1, 0.15) is 12.4 Å². The maximum absolute atomic E-state index is 12.9. The summed E-state index contributed by atoms with van der Waals surface area (Å²) in [6.45, 7) is 2.83. The molecule has 31 heavy (non-hydrogen) atoms. The Balaban J connectivity index is 1.51. The van der Waals surface area contributed by atoms with Crippen LogP contribution in [-0.4, -0.2) is 42.6 Å². The van der Waals surface area contributed by atoms with Crippen molar-refractivity contribution in [1.29, 1.82) is 0 Å². The Hall–Kier alpha value is -3.43. The number of nitrogens with one attached hydrogen (secondary N) is 1. The highest BCUT2D eigenvalue weighted by molar-refractivity contribution is 5.92. The lowest BCUT2D eigenvalue weighted by Crippen LogP contribution is -2.43. The zero-order valence-corrected chi connectivity index (χ0v) is 16.6. The minimum absolute atomic E-state index is 0.178. The zero-order chi connectivity index (χ0) is 22.2. The van der Waals surface area contributed by atoms with Crippen LogP contribution in [-0.2, 0) is 11.3 Å². The smallest absolute Gasteiger partial charge is 0.447 e. The summed E-state index contributed by atoms with van der Waals surface area (Å²) < 4.78 is 46.0. The van der Waals surface area contributed by atoms with E-state index in [2.05, 4.69) is 10.1 Å². The standard InChI is InChI=1S/C21H20F3N3O4/c1-13-2-3-14-11-26(9-8-16-12-30-20(29)27(16)18(14)10-13)19(28)25-15-4-6-17(7-5-15)31-21(22,23)24/h2-7,10,16H,8-9,11-12H2,1H3,(H,25,28). The lowest BCUT2D eigenvalue weighted by atomic mass is 10.0. The first-order valence-corrected chi connectivity index (χ1v) is 9.67. The molecule has 2 aliphatic heterocycles. The largest absolute Gasteiger partial charge is 0.573 e. The van der Waals surface area contributed by atoms with E-state index in [1.54, 1.807) is 9.80 Å². The fraction of sp³-hybridized carbons (Fsp3) is 0.333. The molecule has 0 aromatic heterocycles. The van der Waals surface area contributed by atoms with Gasteiger partial charge in [0.15, 0.2) is 0 Å². The number of rotatable bonds is 2. The summed E-state index contributed by atoms with van der Waals surface area (Å²) in [6.07, 6.45) is -4.64. The molecule has 2 heterocycles. The van der Waals surface area contributed by atoms with Crippen molar-refractivity contribution >= 4 is 23.5 Å². The first-order chi connectivity index (χ1) is 14.7. The van der Waals surface area contributed by atoms with Crippen LogP contribution in [0, 0.1) is 6.92 Å². The monoisotopic (exact) mass is 435 g/mol. The number of hydrogen-bond acceptors (Lipinski definition) is 4. The van der Waals surface area contributed by atoms with Crippen molar-refractivity contribution in [2.45, 2.75) is 32.3 Å². The average molecular weight is 435 g/mol. The molecule has 164 valence electrons. The Morgan fingerprint density at radius 1 is 1.19 bits per heavy atom. The van der Waals surface area contributed by atoms with Crippen molar-refractivity contribution < 1.29 is 32.2 Å². The van der Waals surface area contributed by atoms with Gasteiger partial charge in [-0.1, -0.05) is 12.1 Å². The van der Waals surface area contributed by atoms with E-state index in [9.17, 15) is 22.8 Å². The van der Waals surface area contributed by atoms with Crippen LogP contribution in [0.4, 0.5) is 34.1 Å². The van der Waals surface area contributed by atoms with Crippen molar-refractivity contribution in [1.82, 2.24) is 4.90 Å². The topological polar surface area (TPSA) is 71.1 Å². The molecule has 0 saturated carbocycles. The van der Waals surface area contributed by atoms with Crippen LogP contribution in [0.2, 0.25) is 0 Å². The molecule has 3 amide bonds. The third kappa shape index (κ3) is 4.68. The molecule has 0 spiro atoms. The van der Waals surface area contributed by atoms with E-state index in [4.69, 9.17) is 4.74 Å². The van der Waals surface area contributed by atoms with Gasteiger partial charge >= 0.3 is 18.5 Å². The summed E-state index contributed by atoms with van der Waals surface area (Å²) >= 11 is 0. The predicted molar refractivity (Wildman–Crippen MR) is 106 cm³/mol. The summed E-state index contributed by atoms with van der Waals surface area (Å²) in [5.41, 5.74) is 2.85. The lowest BCUT2D eigenvalue weighted by Gasteiger charge is -2.32. The molecular formula is C21H20F3N3O4. The summed E-state index contributed by atoms with van der Waals surface area (Å²) in [6, 6.07) is 10.1. The lowest BCUT2D eigenvalue weighted by molar-refractivity contribution is -0.274. The average Bonchev–Trinajstić information content (AvgIpc) is 3.04. The van der Waals surface area contributed by atoms with Crippen molar-refractivity contribution in [2.24, 2.45) is 0 Å². The third-order valence-corrected chi connectivity index (χ3v) is 5.18. The van der Waals surface area contributed by atoms with Gasteiger partial charge in [0.25, 0.3) is 0 Å². The molecule has 1 fully saturated rings. The van der Waals surface area contributed by atoms with Crippen LogP contribution in [0.15, 0.2) is 42.5 Å². The summed E-state index contributed by atoms with van der Waals surface area (Å²) in [7, 11) is 0. The van der Waals surface area contributed by atoms with Crippen molar-refractivity contribution in [3.8, 4) is 5.75 Å². The summed E-state index contributed by atoms with van der Waals surface area (Å²) in [5.74, 6) is -0.368. The maximum Gasteiger partial charge on any atom is 0.573 e. The number of urea groups is 1. The highest BCUT2D eigenvalue weighted by Crippen LogP contribution is 2.32. The highest BCUT2D eigenvalue weighted by atomic mass is 19.4. The van der Waals surface area contributed by atoms with Gasteiger partial charge in [-0.3, -0.25) is 4.90 Å². The van der Waals surface area contributed by atoms with Gasteiger partial charge in [-0.05, 0) is 54.8 Å². The van der Waals surface area contributed by atoms with Crippen LogP contribution in [0.3, 0.4) is 0 Å². The molecule has 1 atom stereocenters. The molecule has 0 bridgehead atoms. The number of fused-ring (bicyclic) bond motifs is 3. The second-order valence-corrected chi connectivity index (χ2v) is 7.45. The van der Waals surface area contributed by atoms with E-state index in [1.165, 1.54) is 12.1 Å². The first kappa shape index (κ1) is 20.8. The van der Waals surface area contributed by atoms with Gasteiger partial charge in [0.2, 0.25) is 0 Å². The Bertz CT molecular complexity index is 994. The number of aryl methyl sites for hydroxylation is 1. The number of hydrogen-bond donors (Lipinski definition) is 1. The van der Waals surface area contributed by atoms with Gasteiger partial charge in [0.05, 0.1) is 11.7 Å². The SMILES string of the molecule is Cc1ccc2c(c1)N1C(=O)OCC1CCN(C(=O)Nc1ccc(OC(F)(F)F)cc1)C2. The van der Waals surface area contributed by atoms with Crippen LogP contribution in [0.1, 0.15) is 17.5 Å². The van der Waals surface area contributed by atoms with E-state index in [1.807, 2.05) is 25.1 Å². The van der Waals surface area contributed by atoms with E-state index < -0.39 is 18.5 Å². The number of carbonyl (C=O) groups is 2. The second-order valence-electron chi connectivity index (χ2n) is 7.45. The van der Waals surface area contributed by atoms with Crippen LogP contribution in [0.5, 0.6) is 5.75 Å². The second kappa shape index (κ2) is 8.01. The quantitative estimate of drug-likeness (QED) is 0.745. The Kier molecular flexibility index (Phi) is 5.38. The molecule has 1 saturated heterocycles. The normalized spacial score (nSPS) is 18.5. The van der Waals surface area contributed by atoms with Gasteiger partial charge in [-0.25, -0.2) is 9.59 Å². The number of carbonyl (C=O) groups excluding carboxylic acids is 2. The molecule has 1 N–H and O–H groups in total. The molecule has 2 aliphatic rings. The number of cyclic esters (lactones) is 1. The minimum atomic E-state index is -4.78. The van der Waals surface area contributed by atoms with Gasteiger partial charge in [-0.2, -0.15) is 0 Å². The number of halogens is 3. The van der Waals surface area contributed by atoms with E-state index >= 15 is 0 Å². The molecule has 7 nitrogen and oxygen atoms in total. The Morgan fingerprint density at radius 2 is 1.94 bits per heavy atom. The van der Waals surface area contributed by atoms with Crippen molar-refractivity contribution in [3.63, 3.8) is 0 Å². The predicted octanol–water partition coefficient (Wildman–Crippen LogP) is 4.66. The number of anilines is 2. The van der Waals surface area contributed by atoms with Crippen LogP contribution >= 0.6 is 0 Å². The molecule has 2 aromatic rings. The van der Waals surface area contributed by atoms with Crippen molar-refractivity contribution in [3.05, 3.63) is 53.6 Å². The Labute approximate surface area is 176 Å². The number of amides is 3. The molecule has 2 aromatic carbocycles. The number of nitrogens with zero attached hydrogens (tertiary/aromatic N) is 2. The highest BCUT2D eigenvalue weighted by Gasteiger charge is 2.37. The Morgan fingerprint density at radius 3 is 2.65 bits per heavy atom. The van der Waals surface area contributed by atoms with Crippen LogP contribution in [0.25, 0.3) is 0 Å². The number of benzene rings is 2. The van der Waals surface area contributed by atoms with Gasteiger partial charge in [0, 0.05) is 18.8 Å². The summed E-state index contributed by atoms with van der Waals surface area (Å²) in [4.78, 5) is 28.4. The molecule has 1 unspecified atom stereocenters. The number of ether oxygens (including phenoxy) is 2.